The zero-order valence-corrected chi connectivity index (χ0v) is 16.0. The van der Waals surface area contributed by atoms with Crippen LogP contribution in [0.3, 0.4) is 0 Å². The van der Waals surface area contributed by atoms with E-state index in [0.29, 0.717) is 17.1 Å². The highest BCUT2D eigenvalue weighted by Gasteiger charge is 2.25. The number of carbonyl (C=O) groups excluding carboxylic acids is 3. The minimum absolute atomic E-state index is 0.112. The molecule has 0 aliphatic rings. The number of hydrogen-bond donors (Lipinski definition) is 2. The van der Waals surface area contributed by atoms with E-state index in [0.717, 1.165) is 11.3 Å². The Morgan fingerprint density at radius 2 is 1.85 bits per heavy atom. The molecule has 0 fully saturated rings. The minimum atomic E-state index is -0.686. The van der Waals surface area contributed by atoms with Gasteiger partial charge in [-0.3, -0.25) is 9.59 Å². The van der Waals surface area contributed by atoms with Crippen LogP contribution in [0.5, 0.6) is 11.5 Å². The first-order valence-electron chi connectivity index (χ1n) is 8.05. The lowest BCUT2D eigenvalue weighted by Gasteiger charge is -2.10. The number of benzene rings is 1. The van der Waals surface area contributed by atoms with Gasteiger partial charge in [-0.15, -0.1) is 11.3 Å². The first kappa shape index (κ1) is 20.2. The van der Waals surface area contributed by atoms with Crippen LogP contribution >= 0.6 is 11.3 Å². The third-order valence-corrected chi connectivity index (χ3v) is 4.75. The van der Waals surface area contributed by atoms with Crippen molar-refractivity contribution in [3.8, 4) is 11.5 Å². The predicted molar refractivity (Wildman–Crippen MR) is 101 cm³/mol. The van der Waals surface area contributed by atoms with E-state index in [-0.39, 0.29) is 28.7 Å². The highest BCUT2D eigenvalue weighted by atomic mass is 32.1. The molecule has 0 aliphatic heterocycles. The second-order valence-corrected chi connectivity index (χ2v) is 6.35. The number of primary amides is 1. The molecule has 0 radical (unpaired) electrons. The van der Waals surface area contributed by atoms with Crippen LogP contribution in [0.1, 0.15) is 32.5 Å². The van der Waals surface area contributed by atoms with Crippen LogP contribution in [-0.4, -0.2) is 38.1 Å². The van der Waals surface area contributed by atoms with Gasteiger partial charge in [0.1, 0.15) is 5.00 Å². The van der Waals surface area contributed by atoms with Gasteiger partial charge in [0.25, 0.3) is 11.8 Å². The Bertz CT molecular complexity index is 862. The van der Waals surface area contributed by atoms with Crippen LogP contribution in [0, 0.1) is 6.92 Å². The molecular weight excluding hydrogens is 372 g/mol. The Morgan fingerprint density at radius 3 is 2.44 bits per heavy atom. The molecule has 0 bridgehead atoms. The molecule has 27 heavy (non-hydrogen) atoms. The number of ether oxygens (including phenoxy) is 3. The first-order chi connectivity index (χ1) is 12.9. The zero-order valence-electron chi connectivity index (χ0n) is 15.2. The van der Waals surface area contributed by atoms with Crippen molar-refractivity contribution in [2.24, 2.45) is 5.73 Å². The Balaban J connectivity index is 2.18. The average molecular weight is 392 g/mol. The standard InChI is InChI=1S/C18H20N2O6S/c1-4-25-18(23)14-10(2)15(16(19)22)27-17(14)20-13(21)9-26-12-8-6-5-7-11(12)24-3/h5-8H,4,9H2,1-3H3,(H2,19,22)(H,20,21). The van der Waals surface area contributed by atoms with Gasteiger partial charge in [-0.25, -0.2) is 4.79 Å². The quantitative estimate of drug-likeness (QED) is 0.666. The van der Waals surface area contributed by atoms with Gasteiger partial charge >= 0.3 is 5.97 Å². The van der Waals surface area contributed by atoms with Crippen molar-refractivity contribution in [3.63, 3.8) is 0 Å². The Hall–Kier alpha value is -3.07. The number of amides is 2. The summed E-state index contributed by atoms with van der Waals surface area (Å²) in [4.78, 5) is 36.2. The molecular formula is C18H20N2O6S. The van der Waals surface area contributed by atoms with E-state index in [1.807, 2.05) is 0 Å². The summed E-state index contributed by atoms with van der Waals surface area (Å²) in [6, 6.07) is 6.89. The maximum Gasteiger partial charge on any atom is 0.341 e. The number of nitrogens with one attached hydrogen (secondary N) is 1. The third-order valence-electron chi connectivity index (χ3n) is 3.53. The molecule has 2 aromatic rings. The maximum absolute atomic E-state index is 12.3. The Kier molecular flexibility index (Phi) is 6.78. The van der Waals surface area contributed by atoms with E-state index in [1.54, 1.807) is 38.1 Å². The molecule has 144 valence electrons. The number of para-hydroxylation sites is 2. The minimum Gasteiger partial charge on any atom is -0.493 e. The molecule has 2 amide bonds. The highest BCUT2D eigenvalue weighted by Crippen LogP contribution is 2.33. The summed E-state index contributed by atoms with van der Waals surface area (Å²) in [6.45, 7) is 3.08. The van der Waals surface area contributed by atoms with Gasteiger partial charge in [-0.2, -0.15) is 0 Å². The van der Waals surface area contributed by atoms with Crippen LogP contribution < -0.4 is 20.5 Å². The first-order valence-corrected chi connectivity index (χ1v) is 8.86. The SMILES string of the molecule is CCOC(=O)c1c(NC(=O)COc2ccccc2OC)sc(C(N)=O)c1C. The summed E-state index contributed by atoms with van der Waals surface area (Å²) >= 11 is 0.919. The van der Waals surface area contributed by atoms with Gasteiger partial charge in [0.2, 0.25) is 0 Å². The Morgan fingerprint density at radius 1 is 1.19 bits per heavy atom. The fourth-order valence-electron chi connectivity index (χ4n) is 2.33. The zero-order chi connectivity index (χ0) is 20.0. The molecule has 2 rings (SSSR count). The summed E-state index contributed by atoms with van der Waals surface area (Å²) < 4.78 is 15.6. The van der Waals surface area contributed by atoms with Crippen molar-refractivity contribution in [1.82, 2.24) is 0 Å². The van der Waals surface area contributed by atoms with Crippen LogP contribution in [0.4, 0.5) is 5.00 Å². The van der Waals surface area contributed by atoms with Crippen molar-refractivity contribution in [2.45, 2.75) is 13.8 Å². The van der Waals surface area contributed by atoms with E-state index < -0.39 is 17.8 Å². The number of carbonyl (C=O) groups is 3. The normalized spacial score (nSPS) is 10.2. The molecule has 0 saturated carbocycles. The molecule has 1 heterocycles. The molecule has 8 nitrogen and oxygen atoms in total. The van der Waals surface area contributed by atoms with E-state index in [2.05, 4.69) is 5.32 Å². The van der Waals surface area contributed by atoms with Gasteiger partial charge < -0.3 is 25.3 Å². The lowest BCUT2D eigenvalue weighted by Crippen LogP contribution is -2.21. The lowest BCUT2D eigenvalue weighted by atomic mass is 10.1. The lowest BCUT2D eigenvalue weighted by molar-refractivity contribution is -0.118. The van der Waals surface area contributed by atoms with Gasteiger partial charge in [-0.05, 0) is 31.5 Å². The average Bonchev–Trinajstić information content (AvgIpc) is 2.96. The van der Waals surface area contributed by atoms with Gasteiger partial charge in [-0.1, -0.05) is 12.1 Å². The second kappa shape index (κ2) is 9.04. The number of thiophene rings is 1. The summed E-state index contributed by atoms with van der Waals surface area (Å²) in [7, 11) is 1.49. The summed E-state index contributed by atoms with van der Waals surface area (Å²) in [5.41, 5.74) is 5.82. The van der Waals surface area contributed by atoms with Crippen LogP contribution in [0.15, 0.2) is 24.3 Å². The Labute approximate surface area is 160 Å². The molecule has 0 aliphatic carbocycles. The van der Waals surface area contributed by atoms with E-state index in [1.165, 1.54) is 7.11 Å². The molecule has 3 N–H and O–H groups in total. The van der Waals surface area contributed by atoms with E-state index in [9.17, 15) is 14.4 Å². The number of hydrogen-bond acceptors (Lipinski definition) is 7. The van der Waals surface area contributed by atoms with Crippen molar-refractivity contribution in [1.29, 1.82) is 0 Å². The van der Waals surface area contributed by atoms with Gasteiger partial charge in [0.05, 0.1) is 24.2 Å². The van der Waals surface area contributed by atoms with Crippen molar-refractivity contribution in [3.05, 3.63) is 40.3 Å². The fraction of sp³-hybridized carbons (Fsp3) is 0.278. The van der Waals surface area contributed by atoms with Crippen molar-refractivity contribution in [2.75, 3.05) is 25.6 Å². The molecule has 0 unspecified atom stereocenters. The number of esters is 1. The van der Waals surface area contributed by atoms with Gasteiger partial charge in [0.15, 0.2) is 18.1 Å². The number of nitrogens with two attached hydrogens (primary N) is 1. The van der Waals surface area contributed by atoms with Crippen LogP contribution in [0.2, 0.25) is 0 Å². The van der Waals surface area contributed by atoms with Gasteiger partial charge in [0, 0.05) is 0 Å². The largest absolute Gasteiger partial charge is 0.493 e. The van der Waals surface area contributed by atoms with Crippen molar-refractivity contribution < 1.29 is 28.6 Å². The monoisotopic (exact) mass is 392 g/mol. The third kappa shape index (κ3) is 4.76. The summed E-state index contributed by atoms with van der Waals surface area (Å²) in [5, 5.41) is 2.77. The second-order valence-electron chi connectivity index (χ2n) is 5.33. The topological polar surface area (TPSA) is 117 Å². The van der Waals surface area contributed by atoms with E-state index in [4.69, 9.17) is 19.9 Å². The number of anilines is 1. The molecule has 1 aromatic heterocycles. The number of methoxy groups -OCH3 is 1. The maximum atomic E-state index is 12.3. The molecule has 0 spiro atoms. The highest BCUT2D eigenvalue weighted by molar-refractivity contribution is 7.18. The summed E-state index contributed by atoms with van der Waals surface area (Å²) in [6.07, 6.45) is 0. The molecule has 0 atom stereocenters. The molecule has 1 aromatic carbocycles. The number of rotatable bonds is 8. The molecule has 0 saturated heterocycles. The summed E-state index contributed by atoms with van der Waals surface area (Å²) in [5.74, 6) is -0.946. The smallest absolute Gasteiger partial charge is 0.341 e. The van der Waals surface area contributed by atoms with Crippen molar-refractivity contribution >= 4 is 34.1 Å². The van der Waals surface area contributed by atoms with Crippen LogP contribution in [0.25, 0.3) is 0 Å². The predicted octanol–water partition coefficient (Wildman–Crippen LogP) is 2.36. The fourth-order valence-corrected chi connectivity index (χ4v) is 3.39. The van der Waals surface area contributed by atoms with E-state index >= 15 is 0 Å². The van der Waals surface area contributed by atoms with Crippen LogP contribution in [-0.2, 0) is 9.53 Å². The molecule has 9 heteroatoms.